The lowest BCUT2D eigenvalue weighted by Crippen LogP contribution is -2.34. The average molecular weight is 523 g/mol. The third-order valence-electron chi connectivity index (χ3n) is 6.29. The first-order chi connectivity index (χ1) is 17.4. The van der Waals surface area contributed by atoms with Crippen molar-refractivity contribution in [3.05, 3.63) is 46.0 Å². The maximum Gasteiger partial charge on any atom is 0.296 e. The molecular weight excluding hydrogens is 502 g/mol. The van der Waals surface area contributed by atoms with Crippen molar-refractivity contribution in [1.29, 1.82) is 0 Å². The van der Waals surface area contributed by atoms with E-state index in [-0.39, 0.29) is 52.9 Å². The summed E-state index contributed by atoms with van der Waals surface area (Å²) in [4.78, 5) is 23.5. The molecule has 2 aliphatic heterocycles. The summed E-state index contributed by atoms with van der Waals surface area (Å²) in [5, 5.41) is 12.6. The number of nitrogens with zero attached hydrogens (tertiary/aromatic N) is 2. The maximum absolute atomic E-state index is 14.6. The fraction of sp³-hybridized carbons (Fsp3) is 0.435. The molecule has 1 unspecified atom stereocenters. The first-order valence-corrected chi connectivity index (χ1v) is 11.8. The Labute approximate surface area is 207 Å². The summed E-state index contributed by atoms with van der Waals surface area (Å²) < 4.78 is 51.5. The van der Waals surface area contributed by atoms with Gasteiger partial charge in [-0.15, -0.1) is 0 Å². The number of hydrogen-bond donors (Lipinski definition) is 3. The number of imidazole rings is 1. The lowest BCUT2D eigenvalue weighted by atomic mass is 10.1. The summed E-state index contributed by atoms with van der Waals surface area (Å²) in [5.41, 5.74) is 0.198. The van der Waals surface area contributed by atoms with E-state index < -0.39 is 48.6 Å². The van der Waals surface area contributed by atoms with Crippen LogP contribution in [0.1, 0.15) is 28.8 Å². The number of aromatic nitrogens is 3. The van der Waals surface area contributed by atoms with Gasteiger partial charge >= 0.3 is 0 Å². The molecule has 3 aliphatic rings. The van der Waals surface area contributed by atoms with E-state index in [2.05, 4.69) is 20.3 Å². The number of rotatable bonds is 7. The second-order valence-electron chi connectivity index (χ2n) is 8.96. The van der Waals surface area contributed by atoms with E-state index in [1.54, 1.807) is 0 Å². The van der Waals surface area contributed by atoms with Crippen LogP contribution in [0.25, 0.3) is 11.2 Å². The van der Waals surface area contributed by atoms with Gasteiger partial charge in [-0.05, 0) is 31.0 Å². The summed E-state index contributed by atoms with van der Waals surface area (Å²) in [6.45, 7) is -0.106. The third-order valence-corrected chi connectivity index (χ3v) is 6.56. The third kappa shape index (κ3) is 4.45. The molecule has 10 nitrogen and oxygen atoms in total. The summed E-state index contributed by atoms with van der Waals surface area (Å²) in [6, 6.07) is 3.65. The zero-order chi connectivity index (χ0) is 25.0. The number of amides is 1. The molecular formula is C23H21ClF2N4O6. The number of carbonyl (C=O) groups is 1. The number of carbonyl (C=O) groups excluding carboxylic acids is 1. The van der Waals surface area contributed by atoms with Gasteiger partial charge in [-0.1, -0.05) is 11.6 Å². The van der Waals surface area contributed by atoms with Crippen LogP contribution in [0.5, 0.6) is 11.9 Å². The van der Waals surface area contributed by atoms with Gasteiger partial charge in [0.05, 0.1) is 24.3 Å². The number of nitrogens with one attached hydrogen (secondary N) is 2. The van der Waals surface area contributed by atoms with Gasteiger partial charge in [0.2, 0.25) is 5.88 Å². The van der Waals surface area contributed by atoms with Gasteiger partial charge in [0, 0.05) is 11.6 Å². The fourth-order valence-electron chi connectivity index (χ4n) is 4.23. The van der Waals surface area contributed by atoms with Crippen LogP contribution in [0.4, 0.5) is 8.78 Å². The van der Waals surface area contributed by atoms with Gasteiger partial charge in [-0.2, -0.15) is 9.97 Å². The molecule has 1 saturated carbocycles. The highest BCUT2D eigenvalue weighted by atomic mass is 35.5. The van der Waals surface area contributed by atoms with E-state index in [0.29, 0.717) is 5.52 Å². The smallest absolute Gasteiger partial charge is 0.296 e. The number of aliphatic hydroxyl groups excluding tert-OH is 1. The minimum atomic E-state index is -0.917. The van der Waals surface area contributed by atoms with E-state index in [1.807, 2.05) is 0 Å². The Balaban J connectivity index is 1.15. The van der Waals surface area contributed by atoms with Crippen molar-refractivity contribution in [3.8, 4) is 11.9 Å². The molecule has 1 aliphatic carbocycles. The van der Waals surface area contributed by atoms with Crippen LogP contribution in [0.15, 0.2) is 18.2 Å². The first-order valence-electron chi connectivity index (χ1n) is 11.4. The predicted molar refractivity (Wildman–Crippen MR) is 120 cm³/mol. The molecule has 6 rings (SSSR count). The molecule has 0 bridgehead atoms. The van der Waals surface area contributed by atoms with Crippen LogP contribution in [0.3, 0.4) is 0 Å². The van der Waals surface area contributed by atoms with E-state index in [4.69, 9.17) is 30.5 Å². The molecule has 190 valence electrons. The molecule has 13 heteroatoms. The van der Waals surface area contributed by atoms with Crippen molar-refractivity contribution in [1.82, 2.24) is 20.3 Å². The molecule has 0 spiro atoms. The molecule has 4 heterocycles. The summed E-state index contributed by atoms with van der Waals surface area (Å²) in [6.07, 6.45) is -0.323. The summed E-state index contributed by atoms with van der Waals surface area (Å²) >= 11 is 6.25. The highest BCUT2D eigenvalue weighted by Gasteiger charge is 2.48. The fourth-order valence-corrected chi connectivity index (χ4v) is 4.44. The number of benzene rings is 1. The molecule has 2 aromatic heterocycles. The predicted octanol–water partition coefficient (Wildman–Crippen LogP) is 2.27. The summed E-state index contributed by atoms with van der Waals surface area (Å²) in [5.74, 6) is -2.44. The van der Waals surface area contributed by atoms with Crippen molar-refractivity contribution >= 4 is 28.7 Å². The molecule has 3 N–H and O–H groups in total. The van der Waals surface area contributed by atoms with Crippen LogP contribution in [-0.4, -0.2) is 69.6 Å². The number of pyridine rings is 1. The molecule has 2 saturated heterocycles. The minimum Gasteiger partial charge on any atom is -0.471 e. The van der Waals surface area contributed by atoms with Crippen LogP contribution in [-0.2, 0) is 16.1 Å². The van der Waals surface area contributed by atoms with Crippen LogP contribution >= 0.6 is 11.6 Å². The van der Waals surface area contributed by atoms with E-state index >= 15 is 0 Å². The Morgan fingerprint density at radius 1 is 1.17 bits per heavy atom. The van der Waals surface area contributed by atoms with Gasteiger partial charge in [0.15, 0.2) is 11.8 Å². The molecule has 3 fully saturated rings. The van der Waals surface area contributed by atoms with E-state index in [9.17, 15) is 18.7 Å². The Morgan fingerprint density at radius 2 is 1.92 bits per heavy atom. The first kappa shape index (κ1) is 23.3. The zero-order valence-corrected chi connectivity index (χ0v) is 19.4. The summed E-state index contributed by atoms with van der Waals surface area (Å²) in [7, 11) is 0. The van der Waals surface area contributed by atoms with Crippen molar-refractivity contribution in [2.24, 2.45) is 0 Å². The molecule has 3 aromatic rings. The van der Waals surface area contributed by atoms with Crippen molar-refractivity contribution in [2.75, 3.05) is 13.2 Å². The largest absolute Gasteiger partial charge is 0.471 e. The normalized spacial score (nSPS) is 25.2. The number of H-pyrrole nitrogens is 1. The van der Waals surface area contributed by atoms with Gasteiger partial charge < -0.3 is 34.4 Å². The lowest BCUT2D eigenvalue weighted by Gasteiger charge is -2.15. The molecule has 36 heavy (non-hydrogen) atoms. The number of halogens is 3. The Kier molecular flexibility index (Phi) is 5.91. The molecule has 1 aromatic carbocycles. The second kappa shape index (κ2) is 9.11. The van der Waals surface area contributed by atoms with Gasteiger partial charge in [-0.3, -0.25) is 4.79 Å². The van der Waals surface area contributed by atoms with Crippen molar-refractivity contribution in [3.63, 3.8) is 0 Å². The van der Waals surface area contributed by atoms with E-state index in [1.165, 1.54) is 6.07 Å². The highest BCUT2D eigenvalue weighted by molar-refractivity contribution is 6.32. The van der Waals surface area contributed by atoms with Crippen molar-refractivity contribution < 1.29 is 37.6 Å². The van der Waals surface area contributed by atoms with Gasteiger partial charge in [-0.25, -0.2) is 8.78 Å². The number of hydrogen-bond acceptors (Lipinski definition) is 8. The molecule has 0 radical (unpaired) electrons. The second-order valence-corrected chi connectivity index (χ2v) is 9.37. The topological polar surface area (TPSA) is 128 Å². The number of ether oxygens (including phenoxy) is 4. The van der Waals surface area contributed by atoms with Crippen LogP contribution in [0.2, 0.25) is 5.02 Å². The van der Waals surface area contributed by atoms with Crippen LogP contribution < -0.4 is 14.8 Å². The van der Waals surface area contributed by atoms with Gasteiger partial charge in [0.25, 0.3) is 11.9 Å². The highest BCUT2D eigenvalue weighted by Crippen LogP contribution is 2.32. The average Bonchev–Trinajstić information content (AvgIpc) is 3.25. The minimum absolute atomic E-state index is 0.0649. The van der Waals surface area contributed by atoms with Crippen molar-refractivity contribution in [2.45, 2.75) is 49.9 Å². The molecule has 1 amide bonds. The Hall–Kier alpha value is -3.06. The number of aliphatic hydroxyl groups is 1. The maximum atomic E-state index is 14.6. The van der Waals surface area contributed by atoms with Crippen LogP contribution in [0, 0.1) is 11.6 Å². The SMILES string of the molecule is O=C(NC1CC1)c1cc(F)c(COc2nc3nc(O[C@@H]4COC5[C@H](O)CO[C@@H]54)[nH]c3cc2Cl)c(F)c1. The Morgan fingerprint density at radius 3 is 2.67 bits per heavy atom. The quantitative estimate of drug-likeness (QED) is 0.431. The molecule has 4 atom stereocenters. The lowest BCUT2D eigenvalue weighted by molar-refractivity contribution is 0.00706. The standard InChI is InChI=1S/C23H21ClF2N4O6/c24-12-5-15-20(30-23(28-15)36-17-8-34-18-16(31)7-33-19(17)18)29-22(12)35-6-11-13(25)3-9(4-14(11)26)21(32)27-10-1-2-10/h3-5,10,16-19,31H,1-2,6-8H2,(H,27,32)(H,28,29,30)/t16-,17-,18?,19-/m1/s1. The Bertz CT molecular complexity index is 1310. The zero-order valence-electron chi connectivity index (χ0n) is 18.7. The number of fused-ring (bicyclic) bond motifs is 2. The van der Waals surface area contributed by atoms with Gasteiger partial charge in [0.1, 0.15) is 41.6 Å². The van der Waals surface area contributed by atoms with E-state index in [0.717, 1.165) is 25.0 Å². The number of aromatic amines is 1. The monoisotopic (exact) mass is 522 g/mol.